The van der Waals surface area contributed by atoms with E-state index in [2.05, 4.69) is 16.1 Å². The van der Waals surface area contributed by atoms with Crippen molar-refractivity contribution in [2.75, 3.05) is 0 Å². The quantitative estimate of drug-likeness (QED) is 0.544. The predicted molar refractivity (Wildman–Crippen MR) is 51.6 cm³/mol. The summed E-state index contributed by atoms with van der Waals surface area (Å²) in [5.41, 5.74) is 0.606. The van der Waals surface area contributed by atoms with Crippen LogP contribution in [0.2, 0.25) is 0 Å². The van der Waals surface area contributed by atoms with Gasteiger partial charge in [-0.2, -0.15) is 5.10 Å². The Hall–Kier alpha value is -2.24. The molecule has 0 amide bonds. The number of hydrogen-bond acceptors (Lipinski definition) is 4. The summed E-state index contributed by atoms with van der Waals surface area (Å²) in [5.74, 6) is 0.209. The number of nitrogens with zero attached hydrogens (tertiary/aromatic N) is 4. The van der Waals surface area contributed by atoms with Crippen molar-refractivity contribution in [1.82, 2.24) is 14.8 Å². The van der Waals surface area contributed by atoms with E-state index in [0.29, 0.717) is 5.69 Å². The Labute approximate surface area is 85.3 Å². The zero-order chi connectivity index (χ0) is 10.8. The zero-order valence-electron chi connectivity index (χ0n) is 7.91. The van der Waals surface area contributed by atoms with Gasteiger partial charge in [-0.15, -0.1) is 0 Å². The van der Waals surface area contributed by atoms with Crippen molar-refractivity contribution < 1.29 is 4.92 Å². The van der Waals surface area contributed by atoms with Gasteiger partial charge >= 0.3 is 5.69 Å². The molecule has 0 fully saturated rings. The number of nitro groups is 1. The molecule has 0 aliphatic carbocycles. The van der Waals surface area contributed by atoms with Crippen LogP contribution in [0.4, 0.5) is 5.69 Å². The van der Waals surface area contributed by atoms with E-state index in [1.54, 1.807) is 6.92 Å². The molecule has 1 radical (unpaired) electrons. The summed E-state index contributed by atoms with van der Waals surface area (Å²) in [6.07, 6.45) is 2.94. The van der Waals surface area contributed by atoms with E-state index < -0.39 is 4.92 Å². The van der Waals surface area contributed by atoms with E-state index >= 15 is 0 Å². The predicted octanol–water partition coefficient (Wildman–Crippen LogP) is 1.28. The van der Waals surface area contributed by atoms with Gasteiger partial charge in [0.05, 0.1) is 16.8 Å². The van der Waals surface area contributed by atoms with Gasteiger partial charge in [-0.05, 0) is 13.0 Å². The fourth-order valence-corrected chi connectivity index (χ4v) is 1.24. The van der Waals surface area contributed by atoms with E-state index in [4.69, 9.17) is 0 Å². The standard InChI is InChI=1S/C9H7N4O2/c1-7-4-6-11-12(7)9-8(13(14)15)3-2-5-10-9/h2-3,5-6H,1H3. The average molecular weight is 203 g/mol. The van der Waals surface area contributed by atoms with Crippen molar-refractivity contribution in [3.05, 3.63) is 46.4 Å². The monoisotopic (exact) mass is 203 g/mol. The van der Waals surface area contributed by atoms with Crippen molar-refractivity contribution >= 4 is 5.69 Å². The van der Waals surface area contributed by atoms with Crippen LogP contribution in [0.5, 0.6) is 0 Å². The number of aromatic nitrogens is 3. The second-order valence-electron chi connectivity index (χ2n) is 2.89. The Morgan fingerprint density at radius 2 is 2.40 bits per heavy atom. The van der Waals surface area contributed by atoms with Crippen LogP contribution in [0.1, 0.15) is 5.69 Å². The molecule has 2 heterocycles. The first-order chi connectivity index (χ1) is 7.20. The molecule has 75 valence electrons. The highest BCUT2D eigenvalue weighted by atomic mass is 16.6. The second kappa shape index (κ2) is 3.49. The van der Waals surface area contributed by atoms with Gasteiger partial charge in [-0.25, -0.2) is 9.67 Å². The van der Waals surface area contributed by atoms with Gasteiger partial charge in [-0.3, -0.25) is 10.1 Å². The first-order valence-corrected chi connectivity index (χ1v) is 4.22. The topological polar surface area (TPSA) is 73.8 Å². The molecule has 0 saturated carbocycles. The van der Waals surface area contributed by atoms with Crippen LogP contribution in [0.15, 0.2) is 24.5 Å². The molecular weight excluding hydrogens is 196 g/mol. The SMILES string of the molecule is Cc1[c]cnn1-c1ncccc1[N+](=O)[O-]. The lowest BCUT2D eigenvalue weighted by Crippen LogP contribution is -2.05. The number of aryl methyl sites for hydroxylation is 1. The third-order valence-electron chi connectivity index (χ3n) is 1.93. The Balaban J connectivity index is 2.63. The molecule has 0 spiro atoms. The van der Waals surface area contributed by atoms with Gasteiger partial charge in [0.25, 0.3) is 0 Å². The molecular formula is C9H7N4O2. The first-order valence-electron chi connectivity index (χ1n) is 4.22. The normalized spacial score (nSPS) is 10.2. The zero-order valence-corrected chi connectivity index (χ0v) is 7.91. The van der Waals surface area contributed by atoms with Crippen molar-refractivity contribution in [3.8, 4) is 5.82 Å². The number of pyridine rings is 1. The molecule has 2 aromatic rings. The number of hydrogen-bond donors (Lipinski definition) is 0. The highest BCUT2D eigenvalue weighted by molar-refractivity contribution is 5.46. The van der Waals surface area contributed by atoms with E-state index in [1.807, 2.05) is 0 Å². The molecule has 6 heteroatoms. The summed E-state index contributed by atoms with van der Waals surface area (Å²) in [6.45, 7) is 1.76. The smallest absolute Gasteiger partial charge is 0.258 e. The molecule has 0 aromatic carbocycles. The van der Waals surface area contributed by atoms with E-state index in [0.717, 1.165) is 0 Å². The maximum atomic E-state index is 10.7. The van der Waals surface area contributed by atoms with Gasteiger partial charge in [0.1, 0.15) is 0 Å². The largest absolute Gasteiger partial charge is 0.313 e. The minimum Gasteiger partial charge on any atom is -0.258 e. The molecule has 0 N–H and O–H groups in total. The Kier molecular flexibility index (Phi) is 2.17. The molecule has 0 aliphatic heterocycles. The molecule has 0 unspecified atom stereocenters. The van der Waals surface area contributed by atoms with Crippen LogP contribution < -0.4 is 0 Å². The first kappa shape index (κ1) is 9.32. The Bertz CT molecular complexity index is 506. The van der Waals surface area contributed by atoms with E-state index in [1.165, 1.54) is 29.2 Å². The summed E-state index contributed by atoms with van der Waals surface area (Å²) in [4.78, 5) is 14.2. The van der Waals surface area contributed by atoms with Gasteiger partial charge in [0.2, 0.25) is 5.82 Å². The Morgan fingerprint density at radius 1 is 1.60 bits per heavy atom. The van der Waals surface area contributed by atoms with Crippen LogP contribution in [0, 0.1) is 23.1 Å². The third kappa shape index (κ3) is 1.56. The molecule has 2 aromatic heterocycles. The van der Waals surface area contributed by atoms with Crippen molar-refractivity contribution in [3.63, 3.8) is 0 Å². The van der Waals surface area contributed by atoms with Gasteiger partial charge < -0.3 is 0 Å². The second-order valence-corrected chi connectivity index (χ2v) is 2.89. The lowest BCUT2D eigenvalue weighted by molar-refractivity contribution is -0.384. The molecule has 0 atom stereocenters. The van der Waals surface area contributed by atoms with Crippen molar-refractivity contribution in [1.29, 1.82) is 0 Å². The van der Waals surface area contributed by atoms with Crippen LogP contribution in [-0.2, 0) is 0 Å². The molecule has 6 nitrogen and oxygen atoms in total. The highest BCUT2D eigenvalue weighted by Crippen LogP contribution is 2.19. The van der Waals surface area contributed by atoms with Gasteiger partial charge in [0.15, 0.2) is 0 Å². The maximum Gasteiger partial charge on any atom is 0.313 e. The van der Waals surface area contributed by atoms with Crippen LogP contribution in [0.3, 0.4) is 0 Å². The molecule has 0 aliphatic rings. The van der Waals surface area contributed by atoms with Gasteiger partial charge in [-0.1, -0.05) is 0 Å². The molecule has 2 rings (SSSR count). The fraction of sp³-hybridized carbons (Fsp3) is 0.111. The summed E-state index contributed by atoms with van der Waals surface area (Å²) >= 11 is 0. The lowest BCUT2D eigenvalue weighted by atomic mass is 10.4. The van der Waals surface area contributed by atoms with E-state index in [9.17, 15) is 10.1 Å². The average Bonchev–Trinajstić information content (AvgIpc) is 2.64. The summed E-state index contributed by atoms with van der Waals surface area (Å²) < 4.78 is 1.39. The third-order valence-corrected chi connectivity index (χ3v) is 1.93. The van der Waals surface area contributed by atoms with Crippen LogP contribution >= 0.6 is 0 Å². The fourth-order valence-electron chi connectivity index (χ4n) is 1.24. The van der Waals surface area contributed by atoms with Crippen molar-refractivity contribution in [2.24, 2.45) is 0 Å². The summed E-state index contributed by atoms with van der Waals surface area (Å²) in [7, 11) is 0. The highest BCUT2D eigenvalue weighted by Gasteiger charge is 2.17. The summed E-state index contributed by atoms with van der Waals surface area (Å²) in [5, 5.41) is 14.7. The Morgan fingerprint density at radius 3 is 3.00 bits per heavy atom. The molecule has 0 saturated heterocycles. The minimum absolute atomic E-state index is 0.0716. The molecule has 15 heavy (non-hydrogen) atoms. The maximum absolute atomic E-state index is 10.7. The minimum atomic E-state index is -0.483. The van der Waals surface area contributed by atoms with E-state index in [-0.39, 0.29) is 11.5 Å². The van der Waals surface area contributed by atoms with Gasteiger partial charge in [0, 0.05) is 18.3 Å². The van der Waals surface area contributed by atoms with Crippen LogP contribution in [0.25, 0.3) is 5.82 Å². The molecule has 0 bridgehead atoms. The summed E-state index contributed by atoms with van der Waals surface area (Å²) in [6, 6.07) is 5.73. The lowest BCUT2D eigenvalue weighted by Gasteiger charge is -2.02. The van der Waals surface area contributed by atoms with Crippen molar-refractivity contribution in [2.45, 2.75) is 6.92 Å². The van der Waals surface area contributed by atoms with Crippen LogP contribution in [-0.4, -0.2) is 19.7 Å². The number of rotatable bonds is 2.